The van der Waals surface area contributed by atoms with Crippen molar-refractivity contribution < 1.29 is 22.7 Å². The first-order valence-corrected chi connectivity index (χ1v) is 13.4. The molecule has 3 aromatic carbocycles. The Morgan fingerprint density at radius 3 is 2.49 bits per heavy atom. The van der Waals surface area contributed by atoms with E-state index in [4.69, 9.17) is 4.74 Å². The van der Waals surface area contributed by atoms with Crippen LogP contribution in [0.25, 0.3) is 21.9 Å². The van der Waals surface area contributed by atoms with Crippen molar-refractivity contribution in [2.75, 3.05) is 27.0 Å². The van der Waals surface area contributed by atoms with Gasteiger partial charge in [-0.3, -0.25) is 9.36 Å². The lowest BCUT2D eigenvalue weighted by Crippen LogP contribution is -2.34. The SMILES string of the molecule is COC(=O)C1CSc2c(-c3cccc(C(F)(F)F)c3)c(Cc3cccc4ccccc34)c(CN(C)C)c(=O)n21. The van der Waals surface area contributed by atoms with Gasteiger partial charge in [-0.25, -0.2) is 4.79 Å². The third kappa shape index (κ3) is 5.08. The lowest BCUT2D eigenvalue weighted by atomic mass is 9.89. The largest absolute Gasteiger partial charge is 0.467 e. The number of carbonyl (C=O) groups excluding carboxylic acids is 1. The average molecular weight is 553 g/mol. The minimum absolute atomic E-state index is 0.254. The number of aromatic nitrogens is 1. The molecule has 1 aliphatic rings. The molecule has 1 aromatic heterocycles. The molecule has 2 heterocycles. The van der Waals surface area contributed by atoms with E-state index in [1.165, 1.54) is 29.5 Å². The Bertz CT molecular complexity index is 1620. The van der Waals surface area contributed by atoms with Gasteiger partial charge in [-0.05, 0) is 60.1 Å². The molecule has 39 heavy (non-hydrogen) atoms. The summed E-state index contributed by atoms with van der Waals surface area (Å²) < 4.78 is 47.7. The zero-order chi connectivity index (χ0) is 27.9. The van der Waals surface area contributed by atoms with Crippen molar-refractivity contribution in [3.63, 3.8) is 0 Å². The zero-order valence-corrected chi connectivity index (χ0v) is 22.5. The summed E-state index contributed by atoms with van der Waals surface area (Å²) in [6.45, 7) is 0.254. The van der Waals surface area contributed by atoms with Crippen LogP contribution in [0.3, 0.4) is 0 Å². The molecular weight excluding hydrogens is 525 g/mol. The summed E-state index contributed by atoms with van der Waals surface area (Å²) in [6, 6.07) is 18.1. The van der Waals surface area contributed by atoms with Gasteiger partial charge >= 0.3 is 12.1 Å². The Labute approximate surface area is 228 Å². The number of rotatable bonds is 6. The fraction of sp³-hybridized carbons (Fsp3) is 0.267. The van der Waals surface area contributed by atoms with Gasteiger partial charge in [0.05, 0.1) is 17.7 Å². The summed E-state index contributed by atoms with van der Waals surface area (Å²) in [5.41, 5.74) is 1.85. The maximum atomic E-state index is 14.0. The van der Waals surface area contributed by atoms with Gasteiger partial charge in [-0.15, -0.1) is 11.8 Å². The Balaban J connectivity index is 1.85. The van der Waals surface area contributed by atoms with E-state index in [-0.39, 0.29) is 17.9 Å². The smallest absolute Gasteiger partial charge is 0.416 e. The highest BCUT2D eigenvalue weighted by molar-refractivity contribution is 7.99. The lowest BCUT2D eigenvalue weighted by Gasteiger charge is -2.23. The van der Waals surface area contributed by atoms with Crippen LogP contribution < -0.4 is 5.56 Å². The Morgan fingerprint density at radius 1 is 1.05 bits per heavy atom. The number of methoxy groups -OCH3 is 1. The minimum atomic E-state index is -4.53. The number of benzene rings is 3. The van der Waals surface area contributed by atoms with Crippen LogP contribution in [0.2, 0.25) is 0 Å². The molecule has 0 fully saturated rings. The highest BCUT2D eigenvalue weighted by atomic mass is 32.2. The van der Waals surface area contributed by atoms with Gasteiger partial charge in [0.2, 0.25) is 0 Å². The highest BCUT2D eigenvalue weighted by Crippen LogP contribution is 2.44. The molecule has 1 aliphatic heterocycles. The fourth-order valence-electron chi connectivity index (χ4n) is 5.19. The number of thioether (sulfide) groups is 1. The number of esters is 1. The molecule has 9 heteroatoms. The molecule has 4 aromatic rings. The van der Waals surface area contributed by atoms with Crippen molar-refractivity contribution in [2.24, 2.45) is 0 Å². The zero-order valence-electron chi connectivity index (χ0n) is 21.7. The second-order valence-electron chi connectivity index (χ2n) is 9.79. The van der Waals surface area contributed by atoms with Gasteiger partial charge in [-0.1, -0.05) is 54.6 Å². The van der Waals surface area contributed by atoms with E-state index in [9.17, 15) is 22.8 Å². The molecule has 0 N–H and O–H groups in total. The fourth-order valence-corrected chi connectivity index (χ4v) is 6.53. The standard InChI is InChI=1S/C30H27F3N2O3S/c1-34(2)16-24-23(15-19-10-6-9-18-8-4-5-13-22(18)19)26(20-11-7-12-21(14-20)30(31,32)33)28-35(27(24)36)25(17-39-28)29(37)38-3/h4-14,25H,15-17H2,1-3H3. The van der Waals surface area contributed by atoms with E-state index in [1.54, 1.807) is 6.07 Å². The molecule has 0 amide bonds. The topological polar surface area (TPSA) is 51.5 Å². The van der Waals surface area contributed by atoms with Crippen LogP contribution in [-0.4, -0.2) is 42.4 Å². The second-order valence-corrected chi connectivity index (χ2v) is 10.8. The quantitative estimate of drug-likeness (QED) is 0.268. The molecule has 1 atom stereocenters. The Kier molecular flexibility index (Phi) is 7.31. The van der Waals surface area contributed by atoms with Gasteiger partial charge in [0.1, 0.15) is 6.04 Å². The van der Waals surface area contributed by atoms with Crippen LogP contribution in [0, 0.1) is 0 Å². The van der Waals surface area contributed by atoms with Crippen LogP contribution in [-0.2, 0) is 28.7 Å². The van der Waals surface area contributed by atoms with Crippen molar-refractivity contribution in [3.05, 3.63) is 99.3 Å². The summed E-state index contributed by atoms with van der Waals surface area (Å²) in [5, 5.41) is 2.52. The van der Waals surface area contributed by atoms with E-state index in [0.717, 1.165) is 28.5 Å². The van der Waals surface area contributed by atoms with Crippen molar-refractivity contribution in [1.29, 1.82) is 0 Å². The third-order valence-corrected chi connectivity index (χ3v) is 8.10. The molecule has 1 unspecified atom stereocenters. The summed E-state index contributed by atoms with van der Waals surface area (Å²) in [7, 11) is 4.92. The number of ether oxygens (including phenoxy) is 1. The van der Waals surface area contributed by atoms with Gasteiger partial charge in [0.15, 0.2) is 0 Å². The van der Waals surface area contributed by atoms with Crippen molar-refractivity contribution in [2.45, 2.75) is 30.2 Å². The number of fused-ring (bicyclic) bond motifs is 2. The summed E-state index contributed by atoms with van der Waals surface area (Å²) in [6.07, 6.45) is -4.20. The molecule has 5 rings (SSSR count). The Morgan fingerprint density at radius 2 is 1.77 bits per heavy atom. The van der Waals surface area contributed by atoms with Gasteiger partial charge < -0.3 is 9.64 Å². The van der Waals surface area contributed by atoms with Crippen LogP contribution in [0.5, 0.6) is 0 Å². The van der Waals surface area contributed by atoms with Crippen molar-refractivity contribution >= 4 is 28.5 Å². The first kappa shape index (κ1) is 27.0. The molecular formula is C30H27F3N2O3S. The van der Waals surface area contributed by atoms with E-state index in [1.807, 2.05) is 61.5 Å². The molecule has 202 valence electrons. The maximum absolute atomic E-state index is 14.0. The number of pyridine rings is 1. The summed E-state index contributed by atoms with van der Waals surface area (Å²) in [5.74, 6) is -0.302. The molecule has 0 bridgehead atoms. The van der Waals surface area contributed by atoms with E-state index in [2.05, 4.69) is 0 Å². The minimum Gasteiger partial charge on any atom is -0.467 e. The van der Waals surface area contributed by atoms with Gasteiger partial charge in [-0.2, -0.15) is 13.2 Å². The summed E-state index contributed by atoms with van der Waals surface area (Å²) in [4.78, 5) is 28.6. The third-order valence-electron chi connectivity index (χ3n) is 6.94. The number of carbonyl (C=O) groups is 1. The van der Waals surface area contributed by atoms with E-state index >= 15 is 0 Å². The van der Waals surface area contributed by atoms with Crippen LogP contribution in [0.1, 0.15) is 28.3 Å². The van der Waals surface area contributed by atoms with Gasteiger partial charge in [0.25, 0.3) is 5.56 Å². The number of halogens is 3. The highest BCUT2D eigenvalue weighted by Gasteiger charge is 2.37. The summed E-state index contributed by atoms with van der Waals surface area (Å²) >= 11 is 1.29. The molecule has 0 spiro atoms. The molecule has 0 saturated carbocycles. The van der Waals surface area contributed by atoms with Crippen LogP contribution in [0.4, 0.5) is 13.2 Å². The number of alkyl halides is 3. The van der Waals surface area contributed by atoms with Crippen molar-refractivity contribution in [1.82, 2.24) is 9.47 Å². The van der Waals surface area contributed by atoms with Crippen LogP contribution in [0.15, 0.2) is 76.6 Å². The average Bonchev–Trinajstić information content (AvgIpc) is 3.35. The van der Waals surface area contributed by atoms with Crippen LogP contribution >= 0.6 is 11.8 Å². The van der Waals surface area contributed by atoms with E-state index in [0.29, 0.717) is 33.7 Å². The first-order chi connectivity index (χ1) is 18.6. The monoisotopic (exact) mass is 552 g/mol. The normalized spacial score (nSPS) is 15.1. The second kappa shape index (κ2) is 10.5. The number of hydrogen-bond acceptors (Lipinski definition) is 5. The molecule has 5 nitrogen and oxygen atoms in total. The van der Waals surface area contributed by atoms with Crippen molar-refractivity contribution in [3.8, 4) is 11.1 Å². The maximum Gasteiger partial charge on any atom is 0.416 e. The number of nitrogens with zero attached hydrogens (tertiary/aromatic N) is 2. The van der Waals surface area contributed by atoms with Gasteiger partial charge in [0, 0.05) is 23.4 Å². The Hall–Kier alpha value is -3.56. The first-order valence-electron chi connectivity index (χ1n) is 12.4. The number of hydrogen-bond donors (Lipinski definition) is 0. The van der Waals surface area contributed by atoms with E-state index < -0.39 is 23.8 Å². The predicted molar refractivity (Wildman–Crippen MR) is 147 cm³/mol. The molecule has 0 radical (unpaired) electrons. The molecule has 0 aliphatic carbocycles. The predicted octanol–water partition coefficient (Wildman–Crippen LogP) is 6.16. The molecule has 0 saturated heterocycles. The lowest BCUT2D eigenvalue weighted by molar-refractivity contribution is -0.144.